The van der Waals surface area contributed by atoms with Crippen LogP contribution < -0.4 is 0 Å². The molecule has 2 amide bonds. The summed E-state index contributed by atoms with van der Waals surface area (Å²) in [5.74, 6) is 0.578. The summed E-state index contributed by atoms with van der Waals surface area (Å²) in [5, 5.41) is 1.94. The van der Waals surface area contributed by atoms with E-state index in [0.29, 0.717) is 17.0 Å². The largest absolute Gasteiger partial charge is 0.274 e. The van der Waals surface area contributed by atoms with E-state index in [-0.39, 0.29) is 11.8 Å². The van der Waals surface area contributed by atoms with Gasteiger partial charge in [-0.05, 0) is 23.6 Å². The molecule has 0 fully saturated rings. The number of unbranched alkanes of at least 4 members (excludes halogenated alkanes) is 3. The Balaban J connectivity index is 2.16. The highest BCUT2D eigenvalue weighted by atomic mass is 32.2. The van der Waals surface area contributed by atoms with Gasteiger partial charge in [0.1, 0.15) is 0 Å². The van der Waals surface area contributed by atoms with Crippen LogP contribution in [0.3, 0.4) is 0 Å². The zero-order chi connectivity index (χ0) is 15.2. The van der Waals surface area contributed by atoms with E-state index in [1.165, 1.54) is 28.0 Å². The number of amides is 2. The molecule has 1 aliphatic heterocycles. The Kier molecular flexibility index (Phi) is 6.06. The van der Waals surface area contributed by atoms with Crippen molar-refractivity contribution in [3.8, 4) is 0 Å². The summed E-state index contributed by atoms with van der Waals surface area (Å²) in [4.78, 5) is 28.1. The van der Waals surface area contributed by atoms with Crippen LogP contribution in [-0.4, -0.2) is 29.0 Å². The van der Waals surface area contributed by atoms with Crippen molar-refractivity contribution in [2.45, 2.75) is 39.5 Å². The van der Waals surface area contributed by atoms with Crippen molar-refractivity contribution in [3.05, 3.63) is 27.3 Å². The normalized spacial score (nSPS) is 15.4. The van der Waals surface area contributed by atoms with E-state index in [2.05, 4.69) is 6.92 Å². The lowest BCUT2D eigenvalue weighted by molar-refractivity contribution is -0.136. The Morgan fingerprint density at radius 2 is 1.95 bits per heavy atom. The Bertz CT molecular complexity index is 534. The van der Waals surface area contributed by atoms with E-state index in [0.717, 1.165) is 36.3 Å². The van der Waals surface area contributed by atoms with Gasteiger partial charge in [-0.3, -0.25) is 14.5 Å². The Labute approximate surface area is 134 Å². The summed E-state index contributed by atoms with van der Waals surface area (Å²) >= 11 is 3.00. The minimum Gasteiger partial charge on any atom is -0.274 e. The van der Waals surface area contributed by atoms with E-state index in [4.69, 9.17) is 0 Å². The molecule has 0 spiro atoms. The van der Waals surface area contributed by atoms with Gasteiger partial charge in [-0.15, -0.1) is 23.1 Å². The molecule has 0 saturated heterocycles. The smallest absolute Gasteiger partial charge is 0.268 e. The summed E-state index contributed by atoms with van der Waals surface area (Å²) in [7, 11) is 0. The molecular weight excluding hydrogens is 302 g/mol. The zero-order valence-electron chi connectivity index (χ0n) is 12.6. The molecule has 0 unspecified atom stereocenters. The summed E-state index contributed by atoms with van der Waals surface area (Å²) in [6, 6.07) is 3.84. The molecule has 0 saturated carbocycles. The molecule has 3 nitrogen and oxygen atoms in total. The quantitative estimate of drug-likeness (QED) is 0.532. The highest BCUT2D eigenvalue weighted by Crippen LogP contribution is 2.37. The lowest BCUT2D eigenvalue weighted by Gasteiger charge is -2.14. The first-order chi connectivity index (χ1) is 10.2. The van der Waals surface area contributed by atoms with Crippen LogP contribution in [0, 0.1) is 0 Å². The monoisotopic (exact) mass is 323 g/mol. The average molecular weight is 323 g/mol. The molecule has 1 aromatic rings. The van der Waals surface area contributed by atoms with E-state index in [9.17, 15) is 9.59 Å². The molecule has 2 rings (SSSR count). The maximum Gasteiger partial charge on any atom is 0.268 e. The number of carbonyl (C=O) groups is 2. The number of rotatable bonds is 8. The molecule has 0 aliphatic carbocycles. The van der Waals surface area contributed by atoms with Crippen LogP contribution in [0.2, 0.25) is 0 Å². The number of nitrogens with zero attached hydrogens (tertiary/aromatic N) is 1. The standard InChI is InChI=1S/C16H21NO2S2/c1-3-5-6-7-10-17-15(18)13(12-9-8-11-21-12)14(16(17)19)20-4-2/h8-9,11H,3-7,10H2,1-2H3. The van der Waals surface area contributed by atoms with E-state index < -0.39 is 0 Å². The van der Waals surface area contributed by atoms with Crippen molar-refractivity contribution in [2.24, 2.45) is 0 Å². The number of imide groups is 1. The minimum absolute atomic E-state index is 0.105. The SMILES string of the molecule is CCCCCCN1C(=O)C(SCC)=C(c2cccs2)C1=O. The first-order valence-corrected chi connectivity index (χ1v) is 9.34. The van der Waals surface area contributed by atoms with Gasteiger partial charge in [0.15, 0.2) is 0 Å². The number of thioether (sulfide) groups is 1. The molecule has 21 heavy (non-hydrogen) atoms. The van der Waals surface area contributed by atoms with E-state index >= 15 is 0 Å². The fraction of sp³-hybridized carbons (Fsp3) is 0.500. The third-order valence-electron chi connectivity index (χ3n) is 3.42. The Hall–Kier alpha value is -1.07. The second-order valence-electron chi connectivity index (χ2n) is 4.94. The molecule has 0 atom stereocenters. The van der Waals surface area contributed by atoms with Crippen molar-refractivity contribution < 1.29 is 9.59 Å². The molecule has 5 heteroatoms. The highest BCUT2D eigenvalue weighted by Gasteiger charge is 2.38. The third kappa shape index (κ3) is 3.58. The van der Waals surface area contributed by atoms with Crippen LogP contribution in [-0.2, 0) is 9.59 Å². The number of hydrogen-bond donors (Lipinski definition) is 0. The average Bonchev–Trinajstić information content (AvgIpc) is 3.06. The van der Waals surface area contributed by atoms with Gasteiger partial charge in [0.25, 0.3) is 11.8 Å². The van der Waals surface area contributed by atoms with Crippen molar-refractivity contribution >= 4 is 40.5 Å². The number of hydrogen-bond acceptors (Lipinski definition) is 4. The van der Waals surface area contributed by atoms with Gasteiger partial charge in [0, 0.05) is 11.4 Å². The lowest BCUT2D eigenvalue weighted by atomic mass is 10.2. The second kappa shape index (κ2) is 7.80. The van der Waals surface area contributed by atoms with Crippen LogP contribution in [0.25, 0.3) is 5.57 Å². The van der Waals surface area contributed by atoms with Crippen molar-refractivity contribution in [1.82, 2.24) is 4.90 Å². The number of thiophene rings is 1. The molecule has 2 heterocycles. The zero-order valence-corrected chi connectivity index (χ0v) is 14.2. The predicted molar refractivity (Wildman–Crippen MR) is 90.2 cm³/mol. The summed E-state index contributed by atoms with van der Waals surface area (Å²) in [6.45, 7) is 4.70. The van der Waals surface area contributed by atoms with Crippen LogP contribution in [0.4, 0.5) is 0 Å². The maximum absolute atomic E-state index is 12.6. The van der Waals surface area contributed by atoms with Crippen molar-refractivity contribution in [3.63, 3.8) is 0 Å². The first kappa shape index (κ1) is 16.3. The second-order valence-corrected chi connectivity index (χ2v) is 7.16. The maximum atomic E-state index is 12.6. The molecule has 1 aliphatic rings. The van der Waals surface area contributed by atoms with E-state index in [1.807, 2.05) is 24.4 Å². The van der Waals surface area contributed by atoms with Crippen LogP contribution in [0.1, 0.15) is 44.4 Å². The number of carbonyl (C=O) groups excluding carboxylic acids is 2. The fourth-order valence-electron chi connectivity index (χ4n) is 2.37. The van der Waals surface area contributed by atoms with Gasteiger partial charge >= 0.3 is 0 Å². The minimum atomic E-state index is -0.116. The van der Waals surface area contributed by atoms with Crippen LogP contribution in [0.15, 0.2) is 22.4 Å². The van der Waals surface area contributed by atoms with Gasteiger partial charge < -0.3 is 0 Å². The molecule has 1 aromatic heterocycles. The molecule has 0 bridgehead atoms. The Morgan fingerprint density at radius 3 is 2.57 bits per heavy atom. The van der Waals surface area contributed by atoms with Gasteiger partial charge in [0.05, 0.1) is 10.5 Å². The summed E-state index contributed by atoms with van der Waals surface area (Å²) in [6.07, 6.45) is 4.26. The summed E-state index contributed by atoms with van der Waals surface area (Å²) in [5.41, 5.74) is 0.609. The molecule has 0 radical (unpaired) electrons. The van der Waals surface area contributed by atoms with Gasteiger partial charge in [-0.25, -0.2) is 0 Å². The van der Waals surface area contributed by atoms with E-state index in [1.54, 1.807) is 0 Å². The van der Waals surface area contributed by atoms with Gasteiger partial charge in [-0.2, -0.15) is 0 Å². The lowest BCUT2D eigenvalue weighted by Crippen LogP contribution is -2.32. The third-order valence-corrected chi connectivity index (χ3v) is 5.26. The molecule has 0 N–H and O–H groups in total. The van der Waals surface area contributed by atoms with Crippen LogP contribution >= 0.6 is 23.1 Å². The molecular formula is C16H21NO2S2. The fourth-order valence-corrected chi connectivity index (χ4v) is 4.07. The first-order valence-electron chi connectivity index (χ1n) is 7.47. The summed E-state index contributed by atoms with van der Waals surface area (Å²) < 4.78 is 0. The van der Waals surface area contributed by atoms with Crippen molar-refractivity contribution in [1.29, 1.82) is 0 Å². The molecule has 114 valence electrons. The Morgan fingerprint density at radius 1 is 1.14 bits per heavy atom. The van der Waals surface area contributed by atoms with Crippen molar-refractivity contribution in [2.75, 3.05) is 12.3 Å². The predicted octanol–water partition coefficient (Wildman–Crippen LogP) is 4.16. The molecule has 0 aromatic carbocycles. The highest BCUT2D eigenvalue weighted by molar-refractivity contribution is 8.04. The topological polar surface area (TPSA) is 37.4 Å². The van der Waals surface area contributed by atoms with Gasteiger partial charge in [0.2, 0.25) is 0 Å². The van der Waals surface area contributed by atoms with Crippen LogP contribution in [0.5, 0.6) is 0 Å². The van der Waals surface area contributed by atoms with Gasteiger partial charge in [-0.1, -0.05) is 39.2 Å².